The predicted molar refractivity (Wildman–Crippen MR) is 137 cm³/mol. The highest BCUT2D eigenvalue weighted by molar-refractivity contribution is 14.1. The summed E-state index contributed by atoms with van der Waals surface area (Å²) in [6, 6.07) is 1.18. The molecule has 0 radical (unpaired) electrons. The lowest BCUT2D eigenvalue weighted by atomic mass is 9.85. The summed E-state index contributed by atoms with van der Waals surface area (Å²) in [7, 11) is 0.595. The summed E-state index contributed by atoms with van der Waals surface area (Å²) in [5.41, 5.74) is 0.691. The largest absolute Gasteiger partial charge is 0.395 e. The highest BCUT2D eigenvalue weighted by atomic mass is 127. The third-order valence-corrected chi connectivity index (χ3v) is 8.67. The Hall–Kier alpha value is -1.24. The first-order valence-corrected chi connectivity index (χ1v) is 16.1. The van der Waals surface area contributed by atoms with Gasteiger partial charge in [-0.3, -0.25) is 9.59 Å². The van der Waals surface area contributed by atoms with E-state index in [1.165, 1.54) is 0 Å². The zero-order chi connectivity index (χ0) is 23.5. The van der Waals surface area contributed by atoms with E-state index in [9.17, 15) is 9.59 Å². The number of amides is 1. The minimum absolute atomic E-state index is 0.0253. The molecule has 0 atom stereocenters. The Kier molecular flexibility index (Phi) is 8.56. The van der Waals surface area contributed by atoms with Gasteiger partial charge in [0.15, 0.2) is 0 Å². The number of hydrogen-bond acceptors (Lipinski definition) is 5. The van der Waals surface area contributed by atoms with Crippen molar-refractivity contribution in [2.24, 2.45) is 5.92 Å². The molecule has 0 bridgehead atoms. The molecule has 1 amide bonds. The average Bonchev–Trinajstić information content (AvgIpc) is 3.18. The highest BCUT2D eigenvalue weighted by Gasteiger charge is 2.30. The van der Waals surface area contributed by atoms with Crippen LogP contribution in [0.15, 0.2) is 17.2 Å². The fraction of sp³-hybridized carbons (Fsp3) is 0.682. The normalized spacial score (nSPS) is 19.4. The van der Waals surface area contributed by atoms with Crippen LogP contribution in [0.5, 0.6) is 0 Å². The standard InChI is InChI=1S/C22H35IN4O4Si/c1-25(9-10-28)21(29)16-5-7-17(8-6-16)27-14-19(23)20-18(22(27)30)13-26(24-20)15-31-11-12-32(2,3)4/h13-14,16-17,28H,5-12,15H2,1-4H3. The molecule has 10 heteroatoms. The van der Waals surface area contributed by atoms with Crippen molar-refractivity contribution in [3.05, 3.63) is 26.3 Å². The molecule has 1 N–H and O–H groups in total. The number of carbonyl (C=O) groups is 1. The second-order valence-corrected chi connectivity index (χ2v) is 16.7. The van der Waals surface area contributed by atoms with Crippen molar-refractivity contribution >= 4 is 47.5 Å². The van der Waals surface area contributed by atoms with Crippen LogP contribution < -0.4 is 5.56 Å². The van der Waals surface area contributed by atoms with Gasteiger partial charge in [-0.1, -0.05) is 19.6 Å². The van der Waals surface area contributed by atoms with Crippen LogP contribution in [0.2, 0.25) is 25.7 Å². The Labute approximate surface area is 204 Å². The Bertz CT molecular complexity index is 992. The third-order valence-electron chi connectivity index (χ3n) is 6.18. The van der Waals surface area contributed by atoms with Gasteiger partial charge >= 0.3 is 0 Å². The molecule has 8 nitrogen and oxygen atoms in total. The summed E-state index contributed by atoms with van der Waals surface area (Å²) < 4.78 is 10.3. The van der Waals surface area contributed by atoms with Gasteiger partial charge in [-0.05, 0) is 54.3 Å². The molecule has 3 rings (SSSR count). The van der Waals surface area contributed by atoms with E-state index in [2.05, 4.69) is 47.3 Å². The molecule has 1 fully saturated rings. The quantitative estimate of drug-likeness (QED) is 0.282. The molecule has 0 unspecified atom stereocenters. The number of rotatable bonds is 9. The Morgan fingerprint density at radius 1 is 1.28 bits per heavy atom. The molecule has 2 aromatic rings. The summed E-state index contributed by atoms with van der Waals surface area (Å²) in [4.78, 5) is 27.4. The van der Waals surface area contributed by atoms with E-state index in [4.69, 9.17) is 9.84 Å². The van der Waals surface area contributed by atoms with E-state index in [0.717, 1.165) is 40.8 Å². The van der Waals surface area contributed by atoms with Crippen LogP contribution in [0.1, 0.15) is 31.7 Å². The number of ether oxygens (including phenoxy) is 1. The fourth-order valence-corrected chi connectivity index (χ4v) is 5.64. The maximum Gasteiger partial charge on any atom is 0.261 e. The van der Waals surface area contributed by atoms with Crippen LogP contribution in [0.3, 0.4) is 0 Å². The molecule has 0 spiro atoms. The minimum atomic E-state index is -1.14. The van der Waals surface area contributed by atoms with Crippen molar-refractivity contribution in [3.63, 3.8) is 0 Å². The Morgan fingerprint density at radius 2 is 1.97 bits per heavy atom. The number of aromatic nitrogens is 3. The summed E-state index contributed by atoms with van der Waals surface area (Å²) in [6.07, 6.45) is 6.79. The van der Waals surface area contributed by atoms with Crippen molar-refractivity contribution < 1.29 is 14.6 Å². The maximum atomic E-state index is 13.2. The van der Waals surface area contributed by atoms with Gasteiger partial charge < -0.3 is 19.3 Å². The molecule has 2 heterocycles. The molecule has 0 aromatic carbocycles. The van der Waals surface area contributed by atoms with Crippen LogP contribution in [-0.4, -0.2) is 65.1 Å². The van der Waals surface area contributed by atoms with Crippen molar-refractivity contribution in [3.8, 4) is 0 Å². The molecule has 1 aliphatic carbocycles. The van der Waals surface area contributed by atoms with Gasteiger partial charge in [-0.15, -0.1) is 0 Å². The van der Waals surface area contributed by atoms with Crippen molar-refractivity contribution in [2.45, 2.75) is 64.1 Å². The number of fused-ring (bicyclic) bond motifs is 1. The molecule has 0 saturated heterocycles. The molecule has 32 heavy (non-hydrogen) atoms. The van der Waals surface area contributed by atoms with Crippen LogP contribution in [-0.2, 0) is 16.3 Å². The first kappa shape index (κ1) is 25.4. The second kappa shape index (κ2) is 10.8. The number of aliphatic hydroxyl groups excluding tert-OH is 1. The molecule has 178 valence electrons. The second-order valence-electron chi connectivity index (χ2n) is 9.96. The van der Waals surface area contributed by atoms with Crippen molar-refractivity contribution in [1.29, 1.82) is 0 Å². The number of aliphatic hydroxyl groups is 1. The van der Waals surface area contributed by atoms with E-state index in [1.807, 2.05) is 10.8 Å². The van der Waals surface area contributed by atoms with Crippen LogP contribution in [0, 0.1) is 9.49 Å². The first-order valence-electron chi connectivity index (χ1n) is 11.3. The average molecular weight is 575 g/mol. The summed E-state index contributed by atoms with van der Waals surface area (Å²) in [5.74, 6) is 0.0580. The van der Waals surface area contributed by atoms with E-state index in [-0.39, 0.29) is 30.0 Å². The molecule has 0 aliphatic heterocycles. The van der Waals surface area contributed by atoms with Gasteiger partial charge in [0, 0.05) is 52.6 Å². The van der Waals surface area contributed by atoms with E-state index in [0.29, 0.717) is 25.3 Å². The molecular formula is C22H35IN4O4Si. The SMILES string of the molecule is CN(CCO)C(=O)C1CCC(n2cc(I)c3nn(COCC[Si](C)(C)C)cc3c2=O)CC1. The zero-order valence-electron chi connectivity index (χ0n) is 19.5. The lowest BCUT2D eigenvalue weighted by Gasteiger charge is -2.31. The molecule has 2 aromatic heterocycles. The lowest BCUT2D eigenvalue weighted by molar-refractivity contribution is -0.135. The molecule has 1 saturated carbocycles. The van der Waals surface area contributed by atoms with E-state index >= 15 is 0 Å². The number of pyridine rings is 1. The van der Waals surface area contributed by atoms with Gasteiger partial charge in [0.25, 0.3) is 5.56 Å². The van der Waals surface area contributed by atoms with Gasteiger partial charge in [-0.2, -0.15) is 5.10 Å². The van der Waals surface area contributed by atoms with Gasteiger partial charge in [-0.25, -0.2) is 4.68 Å². The van der Waals surface area contributed by atoms with Gasteiger partial charge in [0.2, 0.25) is 5.91 Å². The fourth-order valence-electron chi connectivity index (χ4n) is 4.18. The predicted octanol–water partition coefficient (Wildman–Crippen LogP) is 3.30. The third kappa shape index (κ3) is 6.20. The van der Waals surface area contributed by atoms with E-state index in [1.54, 1.807) is 22.8 Å². The number of hydrogen-bond donors (Lipinski definition) is 1. The number of likely N-dealkylation sites (N-methyl/N-ethyl adjacent to an activating group) is 1. The summed E-state index contributed by atoms with van der Waals surface area (Å²) in [5, 5.41) is 14.3. The first-order chi connectivity index (χ1) is 15.1. The Morgan fingerprint density at radius 3 is 2.59 bits per heavy atom. The van der Waals surface area contributed by atoms with Crippen LogP contribution in [0.25, 0.3) is 10.9 Å². The van der Waals surface area contributed by atoms with Crippen LogP contribution in [0.4, 0.5) is 0 Å². The maximum absolute atomic E-state index is 13.2. The number of halogens is 1. The Balaban J connectivity index is 1.69. The van der Waals surface area contributed by atoms with Crippen molar-refractivity contribution in [1.82, 2.24) is 19.2 Å². The number of carbonyl (C=O) groups excluding carboxylic acids is 1. The van der Waals surface area contributed by atoms with Gasteiger partial charge in [0.1, 0.15) is 12.2 Å². The van der Waals surface area contributed by atoms with Crippen molar-refractivity contribution in [2.75, 3.05) is 26.8 Å². The molecular weight excluding hydrogens is 539 g/mol. The minimum Gasteiger partial charge on any atom is -0.395 e. The van der Waals surface area contributed by atoms with E-state index < -0.39 is 8.07 Å². The lowest BCUT2D eigenvalue weighted by Crippen LogP contribution is -2.37. The summed E-state index contributed by atoms with van der Waals surface area (Å²) >= 11 is 2.24. The smallest absolute Gasteiger partial charge is 0.261 e. The summed E-state index contributed by atoms with van der Waals surface area (Å²) in [6.45, 7) is 8.35. The number of nitrogens with zero attached hydrogens (tertiary/aromatic N) is 4. The topological polar surface area (TPSA) is 89.6 Å². The van der Waals surface area contributed by atoms with Gasteiger partial charge in [0.05, 0.1) is 15.6 Å². The monoisotopic (exact) mass is 574 g/mol. The van der Waals surface area contributed by atoms with Crippen LogP contribution >= 0.6 is 22.6 Å². The highest BCUT2D eigenvalue weighted by Crippen LogP contribution is 2.33. The zero-order valence-corrected chi connectivity index (χ0v) is 22.7. The molecule has 1 aliphatic rings.